The van der Waals surface area contributed by atoms with E-state index in [1.54, 1.807) is 49.1 Å². The van der Waals surface area contributed by atoms with Crippen molar-refractivity contribution in [3.63, 3.8) is 0 Å². The molecule has 140 valence electrons. The number of carbonyl (C=O) groups is 1. The lowest BCUT2D eigenvalue weighted by Gasteiger charge is -2.10. The van der Waals surface area contributed by atoms with Crippen LogP contribution in [0.3, 0.4) is 0 Å². The monoisotopic (exact) mass is 375 g/mol. The van der Waals surface area contributed by atoms with Gasteiger partial charge in [-0.3, -0.25) is 4.79 Å². The van der Waals surface area contributed by atoms with Gasteiger partial charge in [-0.15, -0.1) is 5.10 Å². The molecule has 0 spiro atoms. The van der Waals surface area contributed by atoms with Crippen molar-refractivity contribution in [2.24, 2.45) is 0 Å². The summed E-state index contributed by atoms with van der Waals surface area (Å²) in [6, 6.07) is 17.2. The predicted octanol–water partition coefficient (Wildman–Crippen LogP) is 3.98. The highest BCUT2D eigenvalue weighted by molar-refractivity contribution is 5.94. The van der Waals surface area contributed by atoms with Gasteiger partial charge in [0.25, 0.3) is 5.91 Å². The molecule has 0 saturated carbocycles. The van der Waals surface area contributed by atoms with E-state index in [1.807, 2.05) is 24.3 Å². The van der Waals surface area contributed by atoms with Crippen molar-refractivity contribution in [3.8, 4) is 11.1 Å². The molecule has 2 heterocycles. The summed E-state index contributed by atoms with van der Waals surface area (Å²) in [5.41, 5.74) is 3.76. The summed E-state index contributed by atoms with van der Waals surface area (Å²) in [6.45, 7) is 0. The average molecular weight is 375 g/mol. The number of nitrogens with one attached hydrogen (secondary N) is 1. The fraction of sp³-hybridized carbons (Fsp3) is 0.0952. The standard InChI is InChI=1S/C21H18FN5O/c1-26(2)20(28)15-7-11-17(12-8-15)23-21-24-19-18(4-3-13-27(19)25-21)14-5-9-16(22)10-6-14/h3-13H,1-2H3,(H,23,25). The Bertz CT molecular complexity index is 1130. The number of anilines is 2. The molecule has 0 aliphatic heterocycles. The van der Waals surface area contributed by atoms with Crippen LogP contribution < -0.4 is 5.32 Å². The molecule has 1 amide bonds. The van der Waals surface area contributed by atoms with E-state index in [-0.39, 0.29) is 11.7 Å². The fourth-order valence-electron chi connectivity index (χ4n) is 2.90. The molecule has 28 heavy (non-hydrogen) atoms. The first-order valence-corrected chi connectivity index (χ1v) is 8.71. The molecule has 0 unspecified atom stereocenters. The van der Waals surface area contributed by atoms with Crippen molar-refractivity contribution >= 4 is 23.2 Å². The maximum atomic E-state index is 13.2. The van der Waals surface area contributed by atoms with Gasteiger partial charge in [-0.1, -0.05) is 12.1 Å². The van der Waals surface area contributed by atoms with Crippen LogP contribution in [-0.2, 0) is 0 Å². The SMILES string of the molecule is CN(C)C(=O)c1ccc(Nc2nc3c(-c4ccc(F)cc4)cccn3n2)cc1. The van der Waals surface area contributed by atoms with E-state index in [4.69, 9.17) is 0 Å². The quantitative estimate of drug-likeness (QED) is 0.586. The third kappa shape index (κ3) is 3.42. The molecule has 0 atom stereocenters. The molecule has 0 fully saturated rings. The molecule has 0 radical (unpaired) electrons. The number of rotatable bonds is 4. The molecule has 4 rings (SSSR count). The minimum Gasteiger partial charge on any atom is -0.345 e. The Balaban J connectivity index is 1.63. The maximum absolute atomic E-state index is 13.2. The molecule has 0 saturated heterocycles. The van der Waals surface area contributed by atoms with E-state index in [1.165, 1.54) is 17.0 Å². The van der Waals surface area contributed by atoms with Gasteiger partial charge in [0.05, 0.1) is 0 Å². The zero-order chi connectivity index (χ0) is 19.7. The second kappa shape index (κ2) is 7.11. The van der Waals surface area contributed by atoms with Crippen LogP contribution in [0.4, 0.5) is 16.0 Å². The van der Waals surface area contributed by atoms with Gasteiger partial charge < -0.3 is 10.2 Å². The molecule has 1 N–H and O–H groups in total. The van der Waals surface area contributed by atoms with Gasteiger partial charge in [0.2, 0.25) is 5.95 Å². The molecule has 7 heteroatoms. The molecule has 2 aromatic heterocycles. The van der Waals surface area contributed by atoms with E-state index < -0.39 is 0 Å². The minimum atomic E-state index is -0.282. The van der Waals surface area contributed by atoms with Crippen molar-refractivity contribution < 1.29 is 9.18 Å². The summed E-state index contributed by atoms with van der Waals surface area (Å²) in [7, 11) is 3.43. The van der Waals surface area contributed by atoms with Gasteiger partial charge in [0, 0.05) is 37.1 Å². The number of halogens is 1. The Morgan fingerprint density at radius 3 is 2.43 bits per heavy atom. The van der Waals surface area contributed by atoms with Gasteiger partial charge in [-0.2, -0.15) is 4.98 Å². The maximum Gasteiger partial charge on any atom is 0.253 e. The zero-order valence-electron chi connectivity index (χ0n) is 15.4. The normalized spacial score (nSPS) is 10.8. The van der Waals surface area contributed by atoms with Crippen LogP contribution in [-0.4, -0.2) is 39.5 Å². The van der Waals surface area contributed by atoms with Gasteiger partial charge >= 0.3 is 0 Å². The minimum absolute atomic E-state index is 0.0543. The topological polar surface area (TPSA) is 62.5 Å². The highest BCUT2D eigenvalue weighted by Gasteiger charge is 2.11. The summed E-state index contributed by atoms with van der Waals surface area (Å²) < 4.78 is 14.9. The second-order valence-corrected chi connectivity index (χ2v) is 6.53. The summed E-state index contributed by atoms with van der Waals surface area (Å²) in [5.74, 6) is 0.0957. The highest BCUT2D eigenvalue weighted by atomic mass is 19.1. The number of hydrogen-bond donors (Lipinski definition) is 1. The third-order valence-electron chi connectivity index (χ3n) is 4.31. The number of carbonyl (C=O) groups excluding carboxylic acids is 1. The molecule has 4 aromatic rings. The molecule has 0 aliphatic carbocycles. The largest absolute Gasteiger partial charge is 0.345 e. The zero-order valence-corrected chi connectivity index (χ0v) is 15.4. The Hall–Kier alpha value is -3.74. The number of hydrogen-bond acceptors (Lipinski definition) is 4. The number of benzene rings is 2. The van der Waals surface area contributed by atoms with Gasteiger partial charge in [0.15, 0.2) is 5.65 Å². The van der Waals surface area contributed by atoms with E-state index in [0.717, 1.165) is 16.8 Å². The molecular weight excluding hydrogens is 357 g/mol. The van der Waals surface area contributed by atoms with Crippen LogP contribution in [0.5, 0.6) is 0 Å². The van der Waals surface area contributed by atoms with E-state index in [0.29, 0.717) is 17.2 Å². The lowest BCUT2D eigenvalue weighted by molar-refractivity contribution is 0.0827. The van der Waals surface area contributed by atoms with Crippen LogP contribution in [0.25, 0.3) is 16.8 Å². The molecule has 6 nitrogen and oxygen atoms in total. The summed E-state index contributed by atoms with van der Waals surface area (Å²) in [6.07, 6.45) is 1.80. The molecular formula is C21H18FN5O. The van der Waals surface area contributed by atoms with E-state index in [9.17, 15) is 9.18 Å². The number of nitrogens with zero attached hydrogens (tertiary/aromatic N) is 4. The third-order valence-corrected chi connectivity index (χ3v) is 4.31. The molecule has 0 aliphatic rings. The van der Waals surface area contributed by atoms with Gasteiger partial charge in [-0.05, 0) is 54.1 Å². The summed E-state index contributed by atoms with van der Waals surface area (Å²) in [5, 5.41) is 7.59. The molecule has 0 bridgehead atoms. The Morgan fingerprint density at radius 2 is 1.75 bits per heavy atom. The van der Waals surface area contributed by atoms with Crippen LogP contribution >= 0.6 is 0 Å². The molecule has 2 aromatic carbocycles. The van der Waals surface area contributed by atoms with Crippen molar-refractivity contribution in [2.45, 2.75) is 0 Å². The second-order valence-electron chi connectivity index (χ2n) is 6.53. The van der Waals surface area contributed by atoms with Crippen molar-refractivity contribution in [1.82, 2.24) is 19.5 Å². The summed E-state index contributed by atoms with van der Waals surface area (Å²) in [4.78, 5) is 18.1. The lowest BCUT2D eigenvalue weighted by Crippen LogP contribution is -2.21. The smallest absolute Gasteiger partial charge is 0.253 e. The highest BCUT2D eigenvalue weighted by Crippen LogP contribution is 2.25. The van der Waals surface area contributed by atoms with E-state index in [2.05, 4.69) is 15.4 Å². The number of amides is 1. The average Bonchev–Trinajstić information content (AvgIpc) is 3.11. The van der Waals surface area contributed by atoms with Crippen molar-refractivity contribution in [2.75, 3.05) is 19.4 Å². The van der Waals surface area contributed by atoms with Crippen molar-refractivity contribution in [1.29, 1.82) is 0 Å². The van der Waals surface area contributed by atoms with Crippen molar-refractivity contribution in [3.05, 3.63) is 78.2 Å². The summed E-state index contributed by atoms with van der Waals surface area (Å²) >= 11 is 0. The number of fused-ring (bicyclic) bond motifs is 1. The number of pyridine rings is 1. The van der Waals surface area contributed by atoms with Gasteiger partial charge in [-0.25, -0.2) is 8.91 Å². The predicted molar refractivity (Wildman–Crippen MR) is 106 cm³/mol. The van der Waals surface area contributed by atoms with Crippen LogP contribution in [0.1, 0.15) is 10.4 Å². The van der Waals surface area contributed by atoms with Gasteiger partial charge in [0.1, 0.15) is 5.82 Å². The Morgan fingerprint density at radius 1 is 1.04 bits per heavy atom. The Labute approximate surface area is 161 Å². The Kier molecular flexibility index (Phi) is 4.49. The van der Waals surface area contributed by atoms with Crippen LogP contribution in [0.2, 0.25) is 0 Å². The van der Waals surface area contributed by atoms with E-state index >= 15 is 0 Å². The first kappa shape index (κ1) is 17.7. The fourth-order valence-corrected chi connectivity index (χ4v) is 2.90. The first-order valence-electron chi connectivity index (χ1n) is 8.71. The van der Waals surface area contributed by atoms with Crippen LogP contribution in [0.15, 0.2) is 66.9 Å². The van der Waals surface area contributed by atoms with Crippen LogP contribution in [0, 0.1) is 5.82 Å². The first-order chi connectivity index (χ1) is 13.5. The number of aromatic nitrogens is 3. The lowest BCUT2D eigenvalue weighted by atomic mass is 10.1.